The number of nitrogens with zero attached hydrogens (tertiary/aromatic N) is 3. The van der Waals surface area contributed by atoms with Gasteiger partial charge in [0.2, 0.25) is 0 Å². The molecule has 1 atom stereocenters. The predicted molar refractivity (Wildman–Crippen MR) is 100.0 cm³/mol. The molecular formula is C18H20N4O5. The molecule has 142 valence electrons. The number of anilines is 1. The van der Waals surface area contributed by atoms with Crippen molar-refractivity contribution >= 4 is 22.3 Å². The SMILES string of the molecule is COCC(C)Nc1c([N+](=O)[O-])cnc2cc(-c3c(C)noc3C)c(O)cc12. The maximum absolute atomic E-state index is 11.4. The van der Waals surface area contributed by atoms with Crippen LogP contribution < -0.4 is 5.32 Å². The summed E-state index contributed by atoms with van der Waals surface area (Å²) in [6, 6.07) is 2.97. The maximum atomic E-state index is 11.4. The third-order valence-electron chi connectivity index (χ3n) is 4.27. The third kappa shape index (κ3) is 3.41. The topological polar surface area (TPSA) is 124 Å². The number of ether oxygens (including phenoxy) is 1. The van der Waals surface area contributed by atoms with Crippen molar-refractivity contribution in [2.45, 2.75) is 26.8 Å². The van der Waals surface area contributed by atoms with Gasteiger partial charge in [-0.05, 0) is 32.9 Å². The van der Waals surface area contributed by atoms with E-state index in [9.17, 15) is 15.2 Å². The van der Waals surface area contributed by atoms with Crippen molar-refractivity contribution < 1.29 is 19.3 Å². The minimum absolute atomic E-state index is 0.0401. The average molecular weight is 372 g/mol. The van der Waals surface area contributed by atoms with E-state index < -0.39 is 4.92 Å². The summed E-state index contributed by atoms with van der Waals surface area (Å²) in [6.07, 6.45) is 1.21. The fourth-order valence-corrected chi connectivity index (χ4v) is 3.11. The molecule has 0 bridgehead atoms. The predicted octanol–water partition coefficient (Wildman–Crippen LogP) is 3.57. The van der Waals surface area contributed by atoms with Crippen molar-refractivity contribution in [3.8, 4) is 16.9 Å². The molecule has 0 saturated heterocycles. The Morgan fingerprint density at radius 3 is 2.74 bits per heavy atom. The number of rotatable bonds is 6. The zero-order valence-corrected chi connectivity index (χ0v) is 15.4. The van der Waals surface area contributed by atoms with E-state index in [-0.39, 0.29) is 23.2 Å². The van der Waals surface area contributed by atoms with Crippen LogP contribution in [0, 0.1) is 24.0 Å². The lowest BCUT2D eigenvalue weighted by atomic mass is 10.00. The van der Waals surface area contributed by atoms with E-state index in [2.05, 4.69) is 15.5 Å². The number of aromatic nitrogens is 2. The highest BCUT2D eigenvalue weighted by Gasteiger charge is 2.23. The molecule has 0 aliphatic rings. The number of hydrogen-bond acceptors (Lipinski definition) is 8. The second-order valence-electron chi connectivity index (χ2n) is 6.36. The summed E-state index contributed by atoms with van der Waals surface area (Å²) in [5.74, 6) is 0.526. The van der Waals surface area contributed by atoms with Crippen LogP contribution in [0.25, 0.3) is 22.0 Å². The first-order valence-electron chi connectivity index (χ1n) is 8.32. The summed E-state index contributed by atoms with van der Waals surface area (Å²) in [4.78, 5) is 15.1. The van der Waals surface area contributed by atoms with E-state index in [1.54, 1.807) is 27.0 Å². The highest BCUT2D eigenvalue weighted by atomic mass is 16.6. The normalized spacial score (nSPS) is 12.3. The van der Waals surface area contributed by atoms with Crippen molar-refractivity contribution in [2.75, 3.05) is 19.0 Å². The molecule has 1 unspecified atom stereocenters. The smallest absolute Gasteiger partial charge is 0.311 e. The van der Waals surface area contributed by atoms with Gasteiger partial charge in [-0.3, -0.25) is 10.1 Å². The van der Waals surface area contributed by atoms with Crippen molar-refractivity contribution in [1.29, 1.82) is 0 Å². The Morgan fingerprint density at radius 1 is 1.41 bits per heavy atom. The first-order valence-corrected chi connectivity index (χ1v) is 8.32. The number of pyridine rings is 1. The highest BCUT2D eigenvalue weighted by Crippen LogP contribution is 2.40. The number of aromatic hydroxyl groups is 1. The largest absolute Gasteiger partial charge is 0.507 e. The van der Waals surface area contributed by atoms with E-state index in [1.165, 1.54) is 12.3 Å². The Hall–Kier alpha value is -3.20. The molecule has 1 aromatic carbocycles. The molecule has 3 rings (SSSR count). The Balaban J connectivity index is 2.22. The zero-order valence-electron chi connectivity index (χ0n) is 15.4. The molecule has 9 nitrogen and oxygen atoms in total. The molecule has 0 saturated carbocycles. The summed E-state index contributed by atoms with van der Waals surface area (Å²) in [6.45, 7) is 5.74. The van der Waals surface area contributed by atoms with Crippen LogP contribution in [0.15, 0.2) is 22.9 Å². The van der Waals surface area contributed by atoms with Gasteiger partial charge in [0.05, 0.1) is 28.3 Å². The van der Waals surface area contributed by atoms with E-state index in [0.29, 0.717) is 40.1 Å². The Bertz CT molecular complexity index is 995. The lowest BCUT2D eigenvalue weighted by molar-refractivity contribution is -0.384. The number of methoxy groups -OCH3 is 1. The van der Waals surface area contributed by atoms with Gasteiger partial charge in [0.1, 0.15) is 23.4 Å². The van der Waals surface area contributed by atoms with E-state index in [0.717, 1.165) is 0 Å². The molecule has 0 amide bonds. The van der Waals surface area contributed by atoms with Crippen LogP contribution in [-0.2, 0) is 4.74 Å². The summed E-state index contributed by atoms with van der Waals surface area (Å²) in [7, 11) is 1.55. The Morgan fingerprint density at radius 2 is 2.15 bits per heavy atom. The van der Waals surface area contributed by atoms with Crippen LogP contribution in [0.1, 0.15) is 18.4 Å². The monoisotopic (exact) mass is 372 g/mol. The van der Waals surface area contributed by atoms with Crippen molar-refractivity contribution in [3.05, 3.63) is 39.9 Å². The number of phenolic OH excluding ortho intramolecular Hbond substituents is 1. The van der Waals surface area contributed by atoms with Gasteiger partial charge in [-0.2, -0.15) is 0 Å². The number of aryl methyl sites for hydroxylation is 2. The summed E-state index contributed by atoms with van der Waals surface area (Å²) in [5, 5.41) is 29.5. The van der Waals surface area contributed by atoms with Crippen LogP contribution in [0.3, 0.4) is 0 Å². The number of phenols is 1. The molecule has 0 fully saturated rings. The highest BCUT2D eigenvalue weighted by molar-refractivity contribution is 5.99. The van der Waals surface area contributed by atoms with Crippen LogP contribution in [0.4, 0.5) is 11.4 Å². The molecule has 2 heterocycles. The van der Waals surface area contributed by atoms with Gasteiger partial charge < -0.3 is 19.7 Å². The van der Waals surface area contributed by atoms with Crippen molar-refractivity contribution in [3.63, 3.8) is 0 Å². The molecule has 0 aliphatic carbocycles. The fourth-order valence-electron chi connectivity index (χ4n) is 3.11. The third-order valence-corrected chi connectivity index (χ3v) is 4.27. The molecule has 27 heavy (non-hydrogen) atoms. The number of nitrogens with one attached hydrogen (secondary N) is 1. The van der Waals surface area contributed by atoms with Gasteiger partial charge in [-0.25, -0.2) is 4.98 Å². The Labute approximate surface area is 155 Å². The van der Waals surface area contributed by atoms with Gasteiger partial charge in [-0.1, -0.05) is 5.16 Å². The van der Waals surface area contributed by atoms with Crippen molar-refractivity contribution in [2.24, 2.45) is 0 Å². The molecule has 2 N–H and O–H groups in total. The van der Waals surface area contributed by atoms with Crippen LogP contribution in [0.5, 0.6) is 5.75 Å². The number of fused-ring (bicyclic) bond motifs is 1. The average Bonchev–Trinajstić information content (AvgIpc) is 2.93. The van der Waals surface area contributed by atoms with Gasteiger partial charge in [-0.15, -0.1) is 0 Å². The standard InChI is InChI=1S/C18H20N4O5/c1-9(8-26-4)20-18-12-6-16(23)13(17-10(2)21-27-11(17)3)5-14(12)19-7-15(18)22(24)25/h5-7,9,23H,8H2,1-4H3,(H,19,20). The molecule has 0 spiro atoms. The van der Waals surface area contributed by atoms with Gasteiger partial charge in [0.15, 0.2) is 0 Å². The second kappa shape index (κ2) is 7.20. The fraction of sp³-hybridized carbons (Fsp3) is 0.333. The summed E-state index contributed by atoms with van der Waals surface area (Å²) < 4.78 is 10.3. The van der Waals surface area contributed by atoms with Gasteiger partial charge >= 0.3 is 5.69 Å². The van der Waals surface area contributed by atoms with Crippen LogP contribution >= 0.6 is 0 Å². The van der Waals surface area contributed by atoms with E-state index >= 15 is 0 Å². The molecule has 9 heteroatoms. The quantitative estimate of drug-likeness (QED) is 0.497. The molecule has 3 aromatic rings. The van der Waals surface area contributed by atoms with Gasteiger partial charge in [0.25, 0.3) is 0 Å². The van der Waals surface area contributed by atoms with E-state index in [4.69, 9.17) is 9.26 Å². The summed E-state index contributed by atoms with van der Waals surface area (Å²) >= 11 is 0. The van der Waals surface area contributed by atoms with Gasteiger partial charge in [0, 0.05) is 24.1 Å². The van der Waals surface area contributed by atoms with Crippen LogP contribution in [0.2, 0.25) is 0 Å². The molecule has 2 aromatic heterocycles. The maximum Gasteiger partial charge on any atom is 0.311 e. The lowest BCUT2D eigenvalue weighted by Crippen LogP contribution is -2.21. The second-order valence-corrected chi connectivity index (χ2v) is 6.36. The zero-order chi connectivity index (χ0) is 19.7. The molecular weight excluding hydrogens is 352 g/mol. The first kappa shape index (κ1) is 18.6. The summed E-state index contributed by atoms with van der Waals surface area (Å²) in [5.41, 5.74) is 2.44. The Kier molecular flexibility index (Phi) is 4.95. The number of nitro groups is 1. The first-order chi connectivity index (χ1) is 12.8. The number of hydrogen-bond donors (Lipinski definition) is 2. The molecule has 0 aliphatic heterocycles. The van der Waals surface area contributed by atoms with Crippen molar-refractivity contribution in [1.82, 2.24) is 10.1 Å². The van der Waals surface area contributed by atoms with E-state index in [1.807, 2.05) is 6.92 Å². The van der Waals surface area contributed by atoms with Crippen LogP contribution in [-0.4, -0.2) is 39.9 Å². The lowest BCUT2D eigenvalue weighted by Gasteiger charge is -2.16. The molecule has 0 radical (unpaired) electrons. The minimum Gasteiger partial charge on any atom is -0.507 e. The minimum atomic E-state index is -0.506. The number of benzene rings is 1.